The lowest BCUT2D eigenvalue weighted by atomic mass is 10.2. The fourth-order valence-electron chi connectivity index (χ4n) is 1.90. The van der Waals surface area contributed by atoms with Gasteiger partial charge in [-0.05, 0) is 77.3 Å². The van der Waals surface area contributed by atoms with Gasteiger partial charge < -0.3 is 20.1 Å². The van der Waals surface area contributed by atoms with Gasteiger partial charge in [0, 0.05) is 19.1 Å². The molecule has 1 rings (SSSR count). The number of amides is 1. The van der Waals surface area contributed by atoms with Crippen LogP contribution in [0.25, 0.3) is 0 Å². The van der Waals surface area contributed by atoms with Crippen LogP contribution >= 0.6 is 31.9 Å². The Morgan fingerprint density at radius 2 is 1.83 bits per heavy atom. The van der Waals surface area contributed by atoms with Gasteiger partial charge in [-0.3, -0.25) is 0 Å². The molecule has 0 spiro atoms. The minimum Gasteiger partial charge on any atom is -0.494 e. The number of alkyl carbamates (subject to hydrolysis) is 1. The number of nitrogens with one attached hydrogen (secondary N) is 2. The van der Waals surface area contributed by atoms with E-state index < -0.39 is 11.7 Å². The molecule has 1 unspecified atom stereocenters. The zero-order valence-electron chi connectivity index (χ0n) is 14.1. The molecule has 0 aliphatic rings. The van der Waals surface area contributed by atoms with Crippen molar-refractivity contribution in [1.29, 1.82) is 0 Å². The number of ether oxygens (including phenoxy) is 2. The van der Waals surface area contributed by atoms with E-state index in [1.165, 1.54) is 0 Å². The Labute approximate surface area is 154 Å². The maximum atomic E-state index is 11.7. The summed E-state index contributed by atoms with van der Waals surface area (Å²) < 4.78 is 12.3. The first kappa shape index (κ1) is 20.3. The highest BCUT2D eigenvalue weighted by Gasteiger charge is 2.17. The van der Waals surface area contributed by atoms with E-state index in [9.17, 15) is 4.79 Å². The highest BCUT2D eigenvalue weighted by atomic mass is 79.9. The molecule has 0 aliphatic carbocycles. The summed E-state index contributed by atoms with van der Waals surface area (Å²) in [5.74, 6) is 0.772. The van der Waals surface area contributed by atoms with Crippen molar-refractivity contribution < 1.29 is 14.3 Å². The minimum absolute atomic E-state index is 0.0324. The van der Waals surface area contributed by atoms with Crippen LogP contribution in [0.3, 0.4) is 0 Å². The van der Waals surface area contributed by atoms with Crippen LogP contribution in [-0.2, 0) is 11.3 Å². The third kappa shape index (κ3) is 7.54. The van der Waals surface area contributed by atoms with Crippen molar-refractivity contribution in [1.82, 2.24) is 10.6 Å². The van der Waals surface area contributed by atoms with Gasteiger partial charge in [-0.1, -0.05) is 0 Å². The first-order valence-electron chi connectivity index (χ1n) is 7.34. The van der Waals surface area contributed by atoms with Gasteiger partial charge in [-0.2, -0.15) is 0 Å². The summed E-state index contributed by atoms with van der Waals surface area (Å²) in [7, 11) is 1.63. The van der Waals surface area contributed by atoms with Crippen molar-refractivity contribution >= 4 is 38.0 Å². The van der Waals surface area contributed by atoms with Crippen molar-refractivity contribution in [3.63, 3.8) is 0 Å². The first-order valence-corrected chi connectivity index (χ1v) is 8.93. The standard InChI is InChI=1S/C16H24Br2N2O3/c1-10(20-15(21)23-16(2,3)4)8-19-9-11-6-12(17)14(22-5)13(18)7-11/h6-7,10,19H,8-9H2,1-5H3,(H,20,21). The number of halogens is 2. The zero-order chi connectivity index (χ0) is 17.6. The second-order valence-electron chi connectivity index (χ2n) is 6.27. The first-order chi connectivity index (χ1) is 10.6. The number of methoxy groups -OCH3 is 1. The molecule has 0 aromatic heterocycles. The molecule has 1 aromatic carbocycles. The summed E-state index contributed by atoms with van der Waals surface area (Å²) in [6.07, 6.45) is -0.401. The van der Waals surface area contributed by atoms with E-state index in [-0.39, 0.29) is 6.04 Å². The quantitative estimate of drug-likeness (QED) is 0.679. The van der Waals surface area contributed by atoms with Crippen molar-refractivity contribution in [2.24, 2.45) is 0 Å². The van der Waals surface area contributed by atoms with Gasteiger partial charge in [-0.25, -0.2) is 4.79 Å². The Hall–Kier alpha value is -0.790. The Morgan fingerprint density at radius 1 is 1.26 bits per heavy atom. The fourth-order valence-corrected chi connectivity index (χ4v) is 3.51. The van der Waals surface area contributed by atoms with E-state index in [1.807, 2.05) is 39.8 Å². The van der Waals surface area contributed by atoms with E-state index in [4.69, 9.17) is 9.47 Å². The van der Waals surface area contributed by atoms with E-state index in [0.717, 1.165) is 20.3 Å². The van der Waals surface area contributed by atoms with Gasteiger partial charge in [0.05, 0.1) is 16.1 Å². The van der Waals surface area contributed by atoms with Crippen LogP contribution in [0, 0.1) is 0 Å². The van der Waals surface area contributed by atoms with E-state index in [2.05, 4.69) is 42.5 Å². The normalized spacial score (nSPS) is 12.7. The molecule has 0 saturated carbocycles. The van der Waals surface area contributed by atoms with E-state index in [1.54, 1.807) is 7.11 Å². The average molecular weight is 452 g/mol. The van der Waals surface area contributed by atoms with Crippen molar-refractivity contribution in [3.05, 3.63) is 26.6 Å². The Bertz CT molecular complexity index is 522. The number of carbonyl (C=O) groups excluding carboxylic acids is 1. The molecule has 0 radical (unpaired) electrons. The summed E-state index contributed by atoms with van der Waals surface area (Å²) in [4.78, 5) is 11.7. The molecular formula is C16H24Br2N2O3. The minimum atomic E-state index is -0.487. The van der Waals surface area contributed by atoms with Gasteiger partial charge in [0.2, 0.25) is 0 Å². The smallest absolute Gasteiger partial charge is 0.407 e. The van der Waals surface area contributed by atoms with E-state index in [0.29, 0.717) is 13.1 Å². The molecule has 1 atom stereocenters. The van der Waals surface area contributed by atoms with Gasteiger partial charge in [0.25, 0.3) is 0 Å². The topological polar surface area (TPSA) is 59.6 Å². The molecule has 0 bridgehead atoms. The second kappa shape index (κ2) is 8.89. The maximum Gasteiger partial charge on any atom is 0.407 e. The predicted molar refractivity (Wildman–Crippen MR) is 98.9 cm³/mol. The molecule has 1 aromatic rings. The lowest BCUT2D eigenvalue weighted by Gasteiger charge is -2.22. The molecular weight excluding hydrogens is 428 g/mol. The van der Waals surface area contributed by atoms with Crippen LogP contribution in [0.5, 0.6) is 5.75 Å². The predicted octanol–water partition coefficient (Wildman–Crippen LogP) is 4.22. The molecule has 0 saturated heterocycles. The summed E-state index contributed by atoms with van der Waals surface area (Å²) in [5, 5.41) is 6.11. The van der Waals surface area contributed by atoms with E-state index >= 15 is 0 Å². The van der Waals surface area contributed by atoms with Gasteiger partial charge in [-0.15, -0.1) is 0 Å². The van der Waals surface area contributed by atoms with Crippen LogP contribution in [0.4, 0.5) is 4.79 Å². The maximum absolute atomic E-state index is 11.7. The van der Waals surface area contributed by atoms with Gasteiger partial charge in [0.15, 0.2) is 0 Å². The van der Waals surface area contributed by atoms with Crippen LogP contribution in [0.1, 0.15) is 33.3 Å². The van der Waals surface area contributed by atoms with Crippen molar-refractivity contribution in [2.75, 3.05) is 13.7 Å². The zero-order valence-corrected chi connectivity index (χ0v) is 17.3. The Morgan fingerprint density at radius 3 is 2.30 bits per heavy atom. The molecule has 0 fully saturated rings. The third-order valence-corrected chi connectivity index (χ3v) is 3.98. The summed E-state index contributed by atoms with van der Waals surface area (Å²) in [5.41, 5.74) is 0.618. The van der Waals surface area contributed by atoms with Gasteiger partial charge >= 0.3 is 6.09 Å². The SMILES string of the molecule is COc1c(Br)cc(CNCC(C)NC(=O)OC(C)(C)C)cc1Br. The number of rotatable bonds is 6. The average Bonchev–Trinajstić information content (AvgIpc) is 2.35. The van der Waals surface area contributed by atoms with Crippen LogP contribution in [0.15, 0.2) is 21.1 Å². The fraction of sp³-hybridized carbons (Fsp3) is 0.562. The third-order valence-electron chi connectivity index (χ3n) is 2.80. The second-order valence-corrected chi connectivity index (χ2v) is 7.98. The Kier molecular flexibility index (Phi) is 7.83. The molecule has 23 heavy (non-hydrogen) atoms. The number of carbonyl (C=O) groups is 1. The van der Waals surface area contributed by atoms with Gasteiger partial charge in [0.1, 0.15) is 11.4 Å². The summed E-state index contributed by atoms with van der Waals surface area (Å²) in [6, 6.07) is 3.97. The van der Waals surface area contributed by atoms with Crippen LogP contribution < -0.4 is 15.4 Å². The lowest BCUT2D eigenvalue weighted by molar-refractivity contribution is 0.0508. The molecule has 0 aliphatic heterocycles. The summed E-state index contributed by atoms with van der Waals surface area (Å²) in [6.45, 7) is 8.78. The molecule has 7 heteroatoms. The molecule has 2 N–H and O–H groups in total. The number of hydrogen-bond donors (Lipinski definition) is 2. The molecule has 0 heterocycles. The molecule has 5 nitrogen and oxygen atoms in total. The van der Waals surface area contributed by atoms with Crippen molar-refractivity contribution in [3.8, 4) is 5.75 Å². The lowest BCUT2D eigenvalue weighted by Crippen LogP contribution is -2.42. The van der Waals surface area contributed by atoms with Crippen LogP contribution in [-0.4, -0.2) is 31.4 Å². The van der Waals surface area contributed by atoms with Crippen LogP contribution in [0.2, 0.25) is 0 Å². The highest BCUT2D eigenvalue weighted by Crippen LogP contribution is 2.34. The molecule has 1 amide bonds. The number of hydrogen-bond acceptors (Lipinski definition) is 4. The monoisotopic (exact) mass is 450 g/mol. The highest BCUT2D eigenvalue weighted by molar-refractivity contribution is 9.11. The van der Waals surface area contributed by atoms with Crippen molar-refractivity contribution in [2.45, 2.75) is 45.9 Å². The summed E-state index contributed by atoms with van der Waals surface area (Å²) >= 11 is 6.97. The largest absolute Gasteiger partial charge is 0.494 e. The number of benzene rings is 1. The molecule has 130 valence electrons. The Balaban J connectivity index is 2.43.